The maximum Gasteiger partial charge on any atom is 0.281 e. The van der Waals surface area contributed by atoms with Crippen molar-refractivity contribution < 1.29 is 4.79 Å². The van der Waals surface area contributed by atoms with Gasteiger partial charge in [0.2, 0.25) is 5.91 Å². The molecule has 0 saturated carbocycles. The molecule has 0 atom stereocenters. The highest BCUT2D eigenvalue weighted by Gasteiger charge is 2.21. The second kappa shape index (κ2) is 4.43. The zero-order chi connectivity index (χ0) is 13.6. The van der Waals surface area contributed by atoms with E-state index in [4.69, 9.17) is 0 Å². The number of aryl methyl sites for hydroxylation is 1. The van der Waals surface area contributed by atoms with E-state index in [1.165, 1.54) is 16.5 Å². The SMILES string of the molecule is CC(=O)Nn1c(C)nc2sc3c(c2c1=O)CCNC3. The van der Waals surface area contributed by atoms with Gasteiger partial charge in [0.15, 0.2) is 0 Å². The molecule has 0 fully saturated rings. The molecule has 6 nitrogen and oxygen atoms in total. The van der Waals surface area contributed by atoms with Crippen LogP contribution >= 0.6 is 11.3 Å². The molecule has 100 valence electrons. The smallest absolute Gasteiger partial charge is 0.281 e. The number of hydrogen-bond acceptors (Lipinski definition) is 5. The Bertz CT molecular complexity index is 731. The van der Waals surface area contributed by atoms with Gasteiger partial charge in [-0.1, -0.05) is 0 Å². The first kappa shape index (κ1) is 12.3. The summed E-state index contributed by atoms with van der Waals surface area (Å²) in [5.41, 5.74) is 3.42. The van der Waals surface area contributed by atoms with Crippen molar-refractivity contribution in [2.75, 3.05) is 12.0 Å². The van der Waals surface area contributed by atoms with Gasteiger partial charge in [-0.2, -0.15) is 0 Å². The molecule has 2 N–H and O–H groups in total. The predicted octanol–water partition coefficient (Wildman–Crippen LogP) is 0.502. The average Bonchev–Trinajstić information content (AvgIpc) is 2.72. The van der Waals surface area contributed by atoms with Crippen LogP contribution in [0.5, 0.6) is 0 Å². The van der Waals surface area contributed by atoms with E-state index in [2.05, 4.69) is 15.7 Å². The maximum atomic E-state index is 12.5. The minimum Gasteiger partial charge on any atom is -0.312 e. The van der Waals surface area contributed by atoms with Crippen LogP contribution in [-0.4, -0.2) is 22.1 Å². The fraction of sp³-hybridized carbons (Fsp3) is 0.417. The normalized spacial score (nSPS) is 14.4. The Labute approximate surface area is 113 Å². The zero-order valence-corrected chi connectivity index (χ0v) is 11.6. The summed E-state index contributed by atoms with van der Waals surface area (Å²) in [5.74, 6) is 0.219. The number of hydrogen-bond donors (Lipinski definition) is 2. The van der Waals surface area contributed by atoms with E-state index in [1.807, 2.05) is 0 Å². The predicted molar refractivity (Wildman–Crippen MR) is 74.1 cm³/mol. The molecule has 0 bridgehead atoms. The topological polar surface area (TPSA) is 76.0 Å². The van der Waals surface area contributed by atoms with E-state index in [0.29, 0.717) is 11.2 Å². The Morgan fingerprint density at radius 3 is 3.05 bits per heavy atom. The number of carbonyl (C=O) groups excluding carboxylic acids is 1. The fourth-order valence-corrected chi connectivity index (χ4v) is 3.59. The lowest BCUT2D eigenvalue weighted by molar-refractivity contribution is -0.115. The Morgan fingerprint density at radius 1 is 1.53 bits per heavy atom. The molecule has 1 aliphatic rings. The maximum absolute atomic E-state index is 12.5. The van der Waals surface area contributed by atoms with Gasteiger partial charge in [-0.25, -0.2) is 9.66 Å². The molecule has 0 unspecified atom stereocenters. The first-order chi connectivity index (χ1) is 9.08. The largest absolute Gasteiger partial charge is 0.312 e. The number of carbonyl (C=O) groups is 1. The Morgan fingerprint density at radius 2 is 2.32 bits per heavy atom. The molecular formula is C12H14N4O2S. The van der Waals surface area contributed by atoms with Crippen molar-refractivity contribution in [3.63, 3.8) is 0 Å². The molecule has 0 saturated heterocycles. The van der Waals surface area contributed by atoms with Gasteiger partial charge in [0.25, 0.3) is 5.56 Å². The second-order valence-electron chi connectivity index (χ2n) is 4.58. The fourth-order valence-electron chi connectivity index (χ4n) is 2.36. The van der Waals surface area contributed by atoms with Gasteiger partial charge in [0, 0.05) is 18.3 Å². The Kier molecular flexibility index (Phi) is 2.87. The number of thiophene rings is 1. The average molecular weight is 278 g/mol. The minimum absolute atomic E-state index is 0.183. The van der Waals surface area contributed by atoms with Crippen molar-refractivity contribution in [2.45, 2.75) is 26.8 Å². The molecule has 0 radical (unpaired) electrons. The third-order valence-corrected chi connectivity index (χ3v) is 4.31. The van der Waals surface area contributed by atoms with Crippen LogP contribution in [0.15, 0.2) is 4.79 Å². The van der Waals surface area contributed by atoms with Crippen LogP contribution in [0.1, 0.15) is 23.2 Å². The standard InChI is InChI=1S/C12H14N4O2S/c1-6-14-11-10(12(18)16(6)15-7(2)17)8-3-4-13-5-9(8)19-11/h13H,3-5H2,1-2H3,(H,15,17). The van der Waals surface area contributed by atoms with Gasteiger partial charge in [0.05, 0.1) is 5.39 Å². The van der Waals surface area contributed by atoms with Crippen LogP contribution in [0.25, 0.3) is 10.2 Å². The van der Waals surface area contributed by atoms with Crippen molar-refractivity contribution in [2.24, 2.45) is 0 Å². The first-order valence-electron chi connectivity index (χ1n) is 6.10. The number of aromatic nitrogens is 2. The van der Waals surface area contributed by atoms with Crippen LogP contribution in [-0.2, 0) is 17.8 Å². The molecule has 3 rings (SSSR count). The minimum atomic E-state index is -0.280. The van der Waals surface area contributed by atoms with Crippen LogP contribution < -0.4 is 16.3 Å². The van der Waals surface area contributed by atoms with Crippen molar-refractivity contribution in [3.8, 4) is 0 Å². The summed E-state index contributed by atoms with van der Waals surface area (Å²) in [7, 11) is 0. The quantitative estimate of drug-likeness (QED) is 0.796. The third-order valence-electron chi connectivity index (χ3n) is 3.18. The Balaban J connectivity index is 2.30. The number of fused-ring (bicyclic) bond motifs is 3. The van der Waals surface area contributed by atoms with E-state index < -0.39 is 0 Å². The van der Waals surface area contributed by atoms with Gasteiger partial charge in [0.1, 0.15) is 10.7 Å². The van der Waals surface area contributed by atoms with E-state index in [9.17, 15) is 9.59 Å². The zero-order valence-electron chi connectivity index (χ0n) is 10.7. The van der Waals surface area contributed by atoms with Gasteiger partial charge >= 0.3 is 0 Å². The summed E-state index contributed by atoms with van der Waals surface area (Å²) in [5, 5.41) is 3.94. The molecule has 0 aromatic carbocycles. The lowest BCUT2D eigenvalue weighted by Crippen LogP contribution is -2.34. The highest BCUT2D eigenvalue weighted by atomic mass is 32.1. The molecule has 2 aromatic heterocycles. The highest BCUT2D eigenvalue weighted by Crippen LogP contribution is 2.29. The van der Waals surface area contributed by atoms with Gasteiger partial charge in [-0.3, -0.25) is 15.0 Å². The van der Waals surface area contributed by atoms with Crippen LogP contribution in [0, 0.1) is 6.92 Å². The molecule has 2 aromatic rings. The van der Waals surface area contributed by atoms with E-state index in [0.717, 1.165) is 29.9 Å². The van der Waals surface area contributed by atoms with Crippen molar-refractivity contribution in [1.82, 2.24) is 15.0 Å². The monoisotopic (exact) mass is 278 g/mol. The molecule has 1 amide bonds. The summed E-state index contributed by atoms with van der Waals surface area (Å²) in [4.78, 5) is 30.1. The number of rotatable bonds is 1. The van der Waals surface area contributed by atoms with E-state index in [-0.39, 0.29) is 11.5 Å². The highest BCUT2D eigenvalue weighted by molar-refractivity contribution is 7.18. The van der Waals surface area contributed by atoms with Gasteiger partial charge in [-0.15, -0.1) is 11.3 Å². The lowest BCUT2D eigenvalue weighted by atomic mass is 10.1. The number of nitrogens with zero attached hydrogens (tertiary/aromatic N) is 2. The second-order valence-corrected chi connectivity index (χ2v) is 5.66. The van der Waals surface area contributed by atoms with Gasteiger partial charge < -0.3 is 5.32 Å². The van der Waals surface area contributed by atoms with Crippen LogP contribution in [0.4, 0.5) is 0 Å². The molecule has 0 aliphatic carbocycles. The van der Waals surface area contributed by atoms with Crippen molar-refractivity contribution in [1.29, 1.82) is 0 Å². The molecule has 7 heteroatoms. The van der Waals surface area contributed by atoms with E-state index in [1.54, 1.807) is 18.3 Å². The summed E-state index contributed by atoms with van der Waals surface area (Å²) in [6.45, 7) is 4.75. The molecule has 3 heterocycles. The molecular weight excluding hydrogens is 264 g/mol. The first-order valence-corrected chi connectivity index (χ1v) is 6.92. The lowest BCUT2D eigenvalue weighted by Gasteiger charge is -2.13. The molecule has 19 heavy (non-hydrogen) atoms. The van der Waals surface area contributed by atoms with Crippen LogP contribution in [0.2, 0.25) is 0 Å². The number of amides is 1. The van der Waals surface area contributed by atoms with Crippen LogP contribution in [0.3, 0.4) is 0 Å². The van der Waals surface area contributed by atoms with Crippen molar-refractivity contribution >= 4 is 27.5 Å². The molecule has 0 spiro atoms. The Hall–Kier alpha value is -1.73. The third kappa shape index (κ3) is 1.95. The van der Waals surface area contributed by atoms with Crippen molar-refractivity contribution in [3.05, 3.63) is 26.6 Å². The summed E-state index contributed by atoms with van der Waals surface area (Å²) < 4.78 is 1.24. The molecule has 1 aliphatic heterocycles. The van der Waals surface area contributed by atoms with Gasteiger partial charge in [-0.05, 0) is 25.5 Å². The summed E-state index contributed by atoms with van der Waals surface area (Å²) in [6, 6.07) is 0. The summed E-state index contributed by atoms with van der Waals surface area (Å²) >= 11 is 1.56. The number of nitrogens with one attached hydrogen (secondary N) is 2. The summed E-state index contributed by atoms with van der Waals surface area (Å²) in [6.07, 6.45) is 0.829. The van der Waals surface area contributed by atoms with E-state index >= 15 is 0 Å².